The lowest BCUT2D eigenvalue weighted by atomic mass is 10.3. The molecule has 2 aromatic rings. The first-order valence-electron chi connectivity index (χ1n) is 7.15. The van der Waals surface area contributed by atoms with Gasteiger partial charge in [-0.3, -0.25) is 4.79 Å². The highest BCUT2D eigenvalue weighted by molar-refractivity contribution is 5.89. The first-order chi connectivity index (χ1) is 10.2. The number of imidazole rings is 1. The number of carbonyl (C=O) groups excluding carboxylic acids is 1. The Kier molecular flexibility index (Phi) is 4.91. The molecule has 0 saturated carbocycles. The second-order valence-electron chi connectivity index (χ2n) is 4.68. The number of aromatic amines is 1. The first kappa shape index (κ1) is 15.0. The van der Waals surface area contributed by atoms with E-state index in [0.717, 1.165) is 6.42 Å². The van der Waals surface area contributed by atoms with Gasteiger partial charge in [-0.25, -0.2) is 4.98 Å². The summed E-state index contributed by atoms with van der Waals surface area (Å²) in [6.45, 7) is 7.15. The Labute approximate surface area is 123 Å². The quantitative estimate of drug-likeness (QED) is 0.608. The Bertz CT molecular complexity index is 610. The largest absolute Gasteiger partial charge is 0.357 e. The summed E-state index contributed by atoms with van der Waals surface area (Å²) in [5, 5.41) is 9.00. The Hall–Kier alpha value is -2.38. The first-order valence-corrected chi connectivity index (χ1v) is 7.15. The fraction of sp³-hybridized carbons (Fsp3) is 0.538. The number of fused-ring (bicyclic) bond motifs is 1. The van der Waals surface area contributed by atoms with Crippen LogP contribution in [0.5, 0.6) is 0 Å². The number of hydrogen-bond acceptors (Lipinski definition) is 6. The molecule has 21 heavy (non-hydrogen) atoms. The minimum Gasteiger partial charge on any atom is -0.357 e. The summed E-state index contributed by atoms with van der Waals surface area (Å²) < 4.78 is 0. The van der Waals surface area contributed by atoms with Gasteiger partial charge in [0.25, 0.3) is 0 Å². The van der Waals surface area contributed by atoms with Gasteiger partial charge in [-0.05, 0) is 20.3 Å². The van der Waals surface area contributed by atoms with Crippen molar-refractivity contribution in [1.29, 1.82) is 0 Å². The lowest BCUT2D eigenvalue weighted by molar-refractivity contribution is -0.121. The number of hydrogen-bond donors (Lipinski definition) is 4. The van der Waals surface area contributed by atoms with E-state index in [2.05, 4.69) is 35.9 Å². The molecule has 114 valence electrons. The summed E-state index contributed by atoms with van der Waals surface area (Å²) in [4.78, 5) is 27.7. The van der Waals surface area contributed by atoms with Crippen molar-refractivity contribution >= 4 is 28.8 Å². The fourth-order valence-electron chi connectivity index (χ4n) is 1.85. The van der Waals surface area contributed by atoms with Crippen LogP contribution in [0.25, 0.3) is 11.2 Å². The average molecular weight is 291 g/mol. The maximum atomic E-state index is 11.9. The van der Waals surface area contributed by atoms with Crippen LogP contribution in [-0.4, -0.2) is 45.0 Å². The lowest BCUT2D eigenvalue weighted by Gasteiger charge is -2.15. The van der Waals surface area contributed by atoms with Crippen LogP contribution in [0.15, 0.2) is 6.33 Å². The molecule has 0 bridgehead atoms. The van der Waals surface area contributed by atoms with Gasteiger partial charge >= 0.3 is 0 Å². The number of amides is 1. The van der Waals surface area contributed by atoms with Crippen molar-refractivity contribution < 1.29 is 4.79 Å². The summed E-state index contributed by atoms with van der Waals surface area (Å²) in [6, 6.07) is -0.396. The Balaban J connectivity index is 2.19. The number of nitrogens with zero attached hydrogens (tertiary/aromatic N) is 3. The molecule has 0 radical (unpaired) electrons. The molecule has 2 rings (SSSR count). The number of rotatable bonds is 7. The Morgan fingerprint density at radius 1 is 1.38 bits per heavy atom. The zero-order valence-corrected chi connectivity index (χ0v) is 12.5. The van der Waals surface area contributed by atoms with Gasteiger partial charge < -0.3 is 20.9 Å². The molecule has 1 amide bonds. The predicted octanol–water partition coefficient (Wildman–Crippen LogP) is 1.11. The van der Waals surface area contributed by atoms with E-state index in [1.165, 1.54) is 0 Å². The van der Waals surface area contributed by atoms with Crippen LogP contribution in [0.4, 0.5) is 11.8 Å². The highest BCUT2D eigenvalue weighted by Crippen LogP contribution is 2.19. The number of aromatic nitrogens is 4. The van der Waals surface area contributed by atoms with Crippen molar-refractivity contribution in [2.24, 2.45) is 0 Å². The van der Waals surface area contributed by atoms with Crippen molar-refractivity contribution in [2.75, 3.05) is 23.7 Å². The van der Waals surface area contributed by atoms with Crippen LogP contribution in [0, 0.1) is 0 Å². The van der Waals surface area contributed by atoms with E-state index in [4.69, 9.17) is 0 Å². The van der Waals surface area contributed by atoms with Gasteiger partial charge in [0, 0.05) is 13.1 Å². The van der Waals surface area contributed by atoms with E-state index in [0.29, 0.717) is 36.0 Å². The normalized spacial score (nSPS) is 12.1. The maximum Gasteiger partial charge on any atom is 0.242 e. The van der Waals surface area contributed by atoms with E-state index in [1.54, 1.807) is 13.3 Å². The van der Waals surface area contributed by atoms with Crippen LogP contribution in [0.3, 0.4) is 0 Å². The molecule has 0 aliphatic heterocycles. The zero-order chi connectivity index (χ0) is 15.2. The van der Waals surface area contributed by atoms with Crippen molar-refractivity contribution in [3.05, 3.63) is 6.33 Å². The highest BCUT2D eigenvalue weighted by atomic mass is 16.2. The molecule has 0 aliphatic carbocycles. The van der Waals surface area contributed by atoms with Gasteiger partial charge in [0.15, 0.2) is 11.5 Å². The molecule has 0 spiro atoms. The molecule has 0 saturated heterocycles. The third-order valence-corrected chi connectivity index (χ3v) is 2.92. The van der Waals surface area contributed by atoms with Gasteiger partial charge in [-0.2, -0.15) is 9.97 Å². The van der Waals surface area contributed by atoms with Crippen molar-refractivity contribution in [1.82, 2.24) is 25.3 Å². The maximum absolute atomic E-state index is 11.9. The molecule has 2 heterocycles. The monoisotopic (exact) mass is 291 g/mol. The second-order valence-corrected chi connectivity index (χ2v) is 4.68. The van der Waals surface area contributed by atoms with E-state index < -0.39 is 6.04 Å². The van der Waals surface area contributed by atoms with Crippen LogP contribution in [0.2, 0.25) is 0 Å². The minimum atomic E-state index is -0.396. The Morgan fingerprint density at radius 3 is 2.90 bits per heavy atom. The smallest absolute Gasteiger partial charge is 0.242 e. The average Bonchev–Trinajstić information content (AvgIpc) is 2.93. The molecule has 0 fully saturated rings. The van der Waals surface area contributed by atoms with Crippen LogP contribution in [-0.2, 0) is 4.79 Å². The van der Waals surface area contributed by atoms with Crippen LogP contribution >= 0.6 is 0 Å². The Morgan fingerprint density at radius 2 is 2.19 bits per heavy atom. The summed E-state index contributed by atoms with van der Waals surface area (Å²) in [7, 11) is 0. The fourth-order valence-corrected chi connectivity index (χ4v) is 1.85. The van der Waals surface area contributed by atoms with E-state index in [1.807, 2.05) is 13.8 Å². The predicted molar refractivity (Wildman–Crippen MR) is 82.2 cm³/mol. The summed E-state index contributed by atoms with van der Waals surface area (Å²) in [5.74, 6) is 0.987. The van der Waals surface area contributed by atoms with E-state index in [9.17, 15) is 4.79 Å². The second kappa shape index (κ2) is 6.87. The summed E-state index contributed by atoms with van der Waals surface area (Å²) in [6.07, 6.45) is 2.46. The molecular formula is C13H21N7O. The SMILES string of the molecule is CCCNC(=O)C(C)Nc1nc(NCC)nc2nc[nH]c12. The molecule has 0 aromatic carbocycles. The van der Waals surface area contributed by atoms with Crippen molar-refractivity contribution in [3.8, 4) is 0 Å². The van der Waals surface area contributed by atoms with Crippen molar-refractivity contribution in [3.63, 3.8) is 0 Å². The molecule has 0 aliphatic rings. The third kappa shape index (κ3) is 3.59. The molecular weight excluding hydrogens is 270 g/mol. The number of H-pyrrole nitrogens is 1. The molecule has 4 N–H and O–H groups in total. The molecule has 8 heteroatoms. The molecule has 2 aromatic heterocycles. The number of anilines is 2. The van der Waals surface area contributed by atoms with Crippen LogP contribution < -0.4 is 16.0 Å². The highest BCUT2D eigenvalue weighted by Gasteiger charge is 2.16. The summed E-state index contributed by atoms with van der Waals surface area (Å²) in [5.41, 5.74) is 1.25. The number of carbonyl (C=O) groups is 1. The van der Waals surface area contributed by atoms with Gasteiger partial charge in [0.2, 0.25) is 11.9 Å². The summed E-state index contributed by atoms with van der Waals surface area (Å²) >= 11 is 0. The topological polar surface area (TPSA) is 108 Å². The molecule has 8 nitrogen and oxygen atoms in total. The zero-order valence-electron chi connectivity index (χ0n) is 12.5. The number of nitrogens with one attached hydrogen (secondary N) is 4. The standard InChI is InChI=1S/C13H21N7O/c1-4-6-15-12(21)8(3)18-11-9-10(17-7-16-9)19-13(20-11)14-5-2/h7-8H,4-6H2,1-3H3,(H,15,21)(H3,14,16,17,18,19,20). The van der Waals surface area contributed by atoms with Gasteiger partial charge in [0.05, 0.1) is 6.33 Å². The minimum absolute atomic E-state index is 0.0619. The van der Waals surface area contributed by atoms with Gasteiger partial charge in [0.1, 0.15) is 11.6 Å². The van der Waals surface area contributed by atoms with Crippen molar-refractivity contribution in [2.45, 2.75) is 33.2 Å². The van der Waals surface area contributed by atoms with Gasteiger partial charge in [-0.1, -0.05) is 6.92 Å². The van der Waals surface area contributed by atoms with E-state index in [-0.39, 0.29) is 5.91 Å². The van der Waals surface area contributed by atoms with Gasteiger partial charge in [-0.15, -0.1) is 0 Å². The molecule has 1 unspecified atom stereocenters. The lowest BCUT2D eigenvalue weighted by Crippen LogP contribution is -2.38. The van der Waals surface area contributed by atoms with E-state index >= 15 is 0 Å². The van der Waals surface area contributed by atoms with Crippen LogP contribution in [0.1, 0.15) is 27.2 Å². The third-order valence-electron chi connectivity index (χ3n) is 2.92. The molecule has 1 atom stereocenters.